The Kier molecular flexibility index (Phi) is 5.36. The maximum atomic E-state index is 5.41. The molecule has 0 atom stereocenters. The van der Waals surface area contributed by atoms with E-state index < -0.39 is 7.58 Å². The highest BCUT2D eigenvalue weighted by molar-refractivity contribution is 7.32. The van der Waals surface area contributed by atoms with E-state index in [4.69, 9.17) is 22.2 Å². The lowest BCUT2D eigenvalue weighted by Gasteiger charge is -1.98. The highest BCUT2D eigenvalue weighted by Crippen LogP contribution is 1.86. The summed E-state index contributed by atoms with van der Waals surface area (Å²) in [5, 5.41) is 2.85. The highest BCUT2D eigenvalue weighted by atomic mass is 35.7. The van der Waals surface area contributed by atoms with Crippen LogP contribution in [0.15, 0.2) is 0 Å². The Morgan fingerprint density at radius 3 is 2.29 bits per heavy atom. The van der Waals surface area contributed by atoms with Crippen LogP contribution >= 0.6 is 22.2 Å². The van der Waals surface area contributed by atoms with Crippen molar-refractivity contribution in [3.8, 4) is 0 Å². The molecule has 0 heterocycles. The zero-order chi connectivity index (χ0) is 5.70. The lowest BCUT2D eigenvalue weighted by atomic mass is 11.1. The van der Waals surface area contributed by atoms with Gasteiger partial charge in [0, 0.05) is 6.67 Å². The van der Waals surface area contributed by atoms with Gasteiger partial charge in [0.05, 0.1) is 0 Å². The summed E-state index contributed by atoms with van der Waals surface area (Å²) < 4.78 is 0. The second kappa shape index (κ2) is 4.87. The fourth-order valence-electron chi connectivity index (χ4n) is 0.179. The molecular formula is C2H8Cl2N2Si. The van der Waals surface area contributed by atoms with E-state index in [0.29, 0.717) is 6.67 Å². The normalized spacial score (nSPS) is 10.3. The van der Waals surface area contributed by atoms with Gasteiger partial charge in [0.15, 0.2) is 0 Å². The third-order valence-corrected chi connectivity index (χ3v) is 1.87. The Labute approximate surface area is 54.3 Å². The van der Waals surface area contributed by atoms with Crippen molar-refractivity contribution >= 4 is 29.7 Å². The molecule has 0 bridgehead atoms. The second-order valence-corrected chi connectivity index (χ2v) is 5.33. The van der Waals surface area contributed by atoms with Crippen molar-refractivity contribution in [1.29, 1.82) is 0 Å². The Bertz CT molecular complexity index is 42.7. The van der Waals surface area contributed by atoms with E-state index in [1.807, 2.05) is 7.05 Å². The van der Waals surface area contributed by atoms with Crippen molar-refractivity contribution in [1.82, 2.24) is 10.3 Å². The van der Waals surface area contributed by atoms with Crippen LogP contribution < -0.4 is 10.3 Å². The van der Waals surface area contributed by atoms with Crippen molar-refractivity contribution in [3.05, 3.63) is 0 Å². The lowest BCUT2D eigenvalue weighted by Crippen LogP contribution is -2.31. The molecule has 2 nitrogen and oxygen atoms in total. The van der Waals surface area contributed by atoms with E-state index in [9.17, 15) is 0 Å². The predicted molar refractivity (Wildman–Crippen MR) is 35.9 cm³/mol. The molecule has 7 heavy (non-hydrogen) atoms. The number of hydrogen-bond donors (Lipinski definition) is 2. The first-order valence-corrected chi connectivity index (χ1v) is 6.00. The molecule has 0 aromatic rings. The zero-order valence-corrected chi connectivity index (χ0v) is 6.71. The number of halogens is 2. The van der Waals surface area contributed by atoms with Crippen LogP contribution in [0, 0.1) is 0 Å². The maximum absolute atomic E-state index is 5.41. The second-order valence-electron chi connectivity index (χ2n) is 1.04. The number of nitrogens with one attached hydrogen (secondary N) is 2. The minimum absolute atomic E-state index is 0.698. The monoisotopic (exact) mass is 158 g/mol. The molecule has 0 saturated heterocycles. The molecule has 0 aliphatic heterocycles. The standard InChI is InChI=1S/C2H8Cl2N2Si/c1-5-2-6-7(3)4/h5-7H,2H2,1H3. The van der Waals surface area contributed by atoms with Gasteiger partial charge in [-0.05, 0) is 7.05 Å². The minimum atomic E-state index is -1.56. The molecule has 0 fully saturated rings. The Hall–Kier alpha value is 0.717. The molecule has 0 saturated carbocycles. The molecule has 44 valence electrons. The molecule has 5 heteroatoms. The summed E-state index contributed by atoms with van der Waals surface area (Å²) in [6.45, 7) is 0.698. The third-order valence-electron chi connectivity index (χ3n) is 0.433. The first-order valence-electron chi connectivity index (χ1n) is 1.93. The fourth-order valence-corrected chi connectivity index (χ4v) is 1.00. The first kappa shape index (κ1) is 7.72. The average molecular weight is 159 g/mol. The summed E-state index contributed by atoms with van der Waals surface area (Å²) in [7, 11) is 0.275. The topological polar surface area (TPSA) is 24.1 Å². The molecule has 0 amide bonds. The molecule has 0 aromatic carbocycles. The van der Waals surface area contributed by atoms with E-state index in [1.54, 1.807) is 0 Å². The van der Waals surface area contributed by atoms with E-state index in [-0.39, 0.29) is 0 Å². The Morgan fingerprint density at radius 1 is 1.57 bits per heavy atom. The zero-order valence-electron chi connectivity index (χ0n) is 4.04. The molecule has 0 unspecified atom stereocenters. The van der Waals surface area contributed by atoms with Crippen LogP contribution in [-0.4, -0.2) is 21.3 Å². The van der Waals surface area contributed by atoms with Crippen LogP contribution in [0.3, 0.4) is 0 Å². The molecule has 0 aromatic heterocycles. The van der Waals surface area contributed by atoms with Gasteiger partial charge in [-0.15, -0.1) is 22.2 Å². The van der Waals surface area contributed by atoms with Gasteiger partial charge in [-0.25, -0.2) is 0 Å². The third kappa shape index (κ3) is 6.72. The first-order chi connectivity index (χ1) is 3.27. The van der Waals surface area contributed by atoms with Crippen LogP contribution in [0.4, 0.5) is 0 Å². The van der Waals surface area contributed by atoms with Gasteiger partial charge in [0.25, 0.3) is 0 Å². The predicted octanol–water partition coefficient (Wildman–Crippen LogP) is -0.0523. The van der Waals surface area contributed by atoms with Crippen LogP contribution in [0.5, 0.6) is 0 Å². The smallest absolute Gasteiger partial charge is 0.307 e. The van der Waals surface area contributed by atoms with Crippen molar-refractivity contribution in [3.63, 3.8) is 0 Å². The van der Waals surface area contributed by atoms with Gasteiger partial charge < -0.3 is 10.3 Å². The molecule has 0 radical (unpaired) electrons. The van der Waals surface area contributed by atoms with Crippen molar-refractivity contribution in [2.45, 2.75) is 0 Å². The summed E-state index contributed by atoms with van der Waals surface area (Å²) in [6.07, 6.45) is 0. The fraction of sp³-hybridized carbons (Fsp3) is 1.00. The Morgan fingerprint density at radius 2 is 2.14 bits per heavy atom. The van der Waals surface area contributed by atoms with Crippen molar-refractivity contribution in [2.24, 2.45) is 0 Å². The number of hydrogen-bond acceptors (Lipinski definition) is 2. The van der Waals surface area contributed by atoms with Crippen LogP contribution in [0.2, 0.25) is 0 Å². The summed E-state index contributed by atoms with van der Waals surface area (Å²) in [5.74, 6) is 0. The lowest BCUT2D eigenvalue weighted by molar-refractivity contribution is 0.779. The molecule has 0 aliphatic rings. The maximum Gasteiger partial charge on any atom is 0.307 e. The average Bonchev–Trinajstić information content (AvgIpc) is 1.61. The molecule has 2 N–H and O–H groups in total. The molecule has 0 spiro atoms. The van der Waals surface area contributed by atoms with E-state index >= 15 is 0 Å². The van der Waals surface area contributed by atoms with Gasteiger partial charge in [-0.3, -0.25) is 0 Å². The summed E-state index contributed by atoms with van der Waals surface area (Å²) in [4.78, 5) is 2.85. The largest absolute Gasteiger partial charge is 0.308 e. The highest BCUT2D eigenvalue weighted by Gasteiger charge is 1.95. The van der Waals surface area contributed by atoms with Crippen LogP contribution in [0.1, 0.15) is 0 Å². The van der Waals surface area contributed by atoms with Crippen molar-refractivity contribution in [2.75, 3.05) is 13.7 Å². The van der Waals surface area contributed by atoms with Gasteiger partial charge in [0.1, 0.15) is 0 Å². The Balaban J connectivity index is 2.68. The van der Waals surface area contributed by atoms with Gasteiger partial charge in [-0.2, -0.15) is 0 Å². The quantitative estimate of drug-likeness (QED) is 0.342. The summed E-state index contributed by atoms with van der Waals surface area (Å²) in [6, 6.07) is 0. The van der Waals surface area contributed by atoms with Crippen LogP contribution in [-0.2, 0) is 0 Å². The van der Waals surface area contributed by atoms with Gasteiger partial charge in [-0.1, -0.05) is 0 Å². The molecule has 0 rings (SSSR count). The van der Waals surface area contributed by atoms with Gasteiger partial charge in [0.2, 0.25) is 0 Å². The van der Waals surface area contributed by atoms with E-state index in [1.165, 1.54) is 0 Å². The van der Waals surface area contributed by atoms with Gasteiger partial charge >= 0.3 is 7.58 Å². The summed E-state index contributed by atoms with van der Waals surface area (Å²) in [5.41, 5.74) is 0. The SMILES string of the molecule is CNCN[SiH](Cl)Cl. The van der Waals surface area contributed by atoms with E-state index in [2.05, 4.69) is 10.3 Å². The number of rotatable bonds is 3. The summed E-state index contributed by atoms with van der Waals surface area (Å²) >= 11 is 10.8. The molecular weight excluding hydrogens is 151 g/mol. The molecule has 0 aliphatic carbocycles. The van der Waals surface area contributed by atoms with Crippen LogP contribution in [0.25, 0.3) is 0 Å². The van der Waals surface area contributed by atoms with E-state index in [0.717, 1.165) is 0 Å². The van der Waals surface area contributed by atoms with Crippen molar-refractivity contribution < 1.29 is 0 Å². The minimum Gasteiger partial charge on any atom is -0.308 e.